The van der Waals surface area contributed by atoms with Crippen molar-refractivity contribution in [2.45, 2.75) is 38.8 Å². The van der Waals surface area contributed by atoms with Gasteiger partial charge in [0, 0.05) is 65.5 Å². The van der Waals surface area contributed by atoms with E-state index in [9.17, 15) is 8.42 Å². The average Bonchev–Trinajstić information content (AvgIpc) is 3.16. The minimum atomic E-state index is -3.35. The first kappa shape index (κ1) is 26.3. The fourth-order valence-corrected chi connectivity index (χ4v) is 4.68. The molecule has 0 spiro atoms. The van der Waals surface area contributed by atoms with Crippen LogP contribution in [0.4, 0.5) is 0 Å². The number of nitrogens with zero attached hydrogens (tertiary/aromatic N) is 4. The molecule has 0 amide bonds. The molecule has 0 saturated carbocycles. The molecule has 1 aromatic heterocycles. The largest absolute Gasteiger partial charge is 0.377 e. The molecule has 2 aliphatic heterocycles. The Morgan fingerprint density at radius 3 is 2.68 bits per heavy atom. The smallest absolute Gasteiger partial charge is 0.213 e. The molecule has 2 saturated heterocycles. The lowest BCUT2D eigenvalue weighted by molar-refractivity contribution is 0.0200. The van der Waals surface area contributed by atoms with Crippen LogP contribution in [0.15, 0.2) is 15.6 Å². The highest BCUT2D eigenvalue weighted by atomic mass is 127. The van der Waals surface area contributed by atoms with Crippen molar-refractivity contribution in [2.24, 2.45) is 4.99 Å². The Morgan fingerprint density at radius 2 is 2.06 bits per heavy atom. The average molecular weight is 570 g/mol. The van der Waals surface area contributed by atoms with Crippen LogP contribution in [0, 0.1) is 6.92 Å². The molecule has 2 fully saturated rings. The molecule has 2 aliphatic rings. The first-order chi connectivity index (χ1) is 14.4. The van der Waals surface area contributed by atoms with E-state index in [1.165, 1.54) is 0 Å². The van der Waals surface area contributed by atoms with Crippen molar-refractivity contribution >= 4 is 40.0 Å². The molecule has 178 valence electrons. The van der Waals surface area contributed by atoms with Gasteiger partial charge in [-0.2, -0.15) is 0 Å². The Morgan fingerprint density at radius 1 is 1.29 bits per heavy atom. The van der Waals surface area contributed by atoms with Crippen LogP contribution in [0.3, 0.4) is 0 Å². The van der Waals surface area contributed by atoms with E-state index in [4.69, 9.17) is 9.26 Å². The SMILES string of the molecule is CN=C(NCCS(=O)(=O)NCC1CCCCO1)N1CCN(Cc2cc(C)on2)CC1.I. The zero-order valence-corrected chi connectivity index (χ0v) is 21.5. The zero-order chi connectivity index (χ0) is 21.4. The van der Waals surface area contributed by atoms with Crippen LogP contribution < -0.4 is 10.0 Å². The summed E-state index contributed by atoms with van der Waals surface area (Å²) in [5.41, 5.74) is 0.944. The van der Waals surface area contributed by atoms with Gasteiger partial charge in [-0.15, -0.1) is 24.0 Å². The number of aromatic nitrogens is 1. The van der Waals surface area contributed by atoms with Crippen molar-refractivity contribution in [3.63, 3.8) is 0 Å². The fraction of sp³-hybridized carbons (Fsp3) is 0.789. The van der Waals surface area contributed by atoms with Gasteiger partial charge in [-0.05, 0) is 26.2 Å². The summed E-state index contributed by atoms with van der Waals surface area (Å²) in [6.45, 7) is 7.45. The number of ether oxygens (including phenoxy) is 1. The van der Waals surface area contributed by atoms with E-state index in [2.05, 4.69) is 30.0 Å². The molecule has 0 bridgehead atoms. The third-order valence-corrected chi connectivity index (χ3v) is 6.75. The van der Waals surface area contributed by atoms with E-state index in [-0.39, 0.29) is 35.8 Å². The van der Waals surface area contributed by atoms with Crippen LogP contribution in [0.1, 0.15) is 30.7 Å². The molecule has 2 N–H and O–H groups in total. The van der Waals surface area contributed by atoms with E-state index in [0.717, 1.165) is 76.0 Å². The second kappa shape index (κ2) is 12.9. The second-order valence-electron chi connectivity index (χ2n) is 7.82. The van der Waals surface area contributed by atoms with E-state index >= 15 is 0 Å². The standard InChI is InChI=1S/C19H34N6O4S.HI/c1-16-13-17(23-29-16)15-24-7-9-25(10-8-24)19(20-2)21-6-12-30(26,27)22-14-18-5-3-4-11-28-18;/h13,18,22H,3-12,14-15H2,1-2H3,(H,20,21);1H. The minimum absolute atomic E-state index is 0. The summed E-state index contributed by atoms with van der Waals surface area (Å²) >= 11 is 0. The summed E-state index contributed by atoms with van der Waals surface area (Å²) in [5, 5.41) is 7.23. The maximum atomic E-state index is 12.3. The Hall–Kier alpha value is -0.960. The molecular weight excluding hydrogens is 535 g/mol. The lowest BCUT2D eigenvalue weighted by Gasteiger charge is -2.36. The molecule has 1 aromatic rings. The summed E-state index contributed by atoms with van der Waals surface area (Å²) in [6, 6.07) is 1.96. The molecule has 0 radical (unpaired) electrons. The van der Waals surface area contributed by atoms with Crippen LogP contribution in [-0.2, 0) is 21.3 Å². The van der Waals surface area contributed by atoms with E-state index in [1.807, 2.05) is 13.0 Å². The summed E-state index contributed by atoms with van der Waals surface area (Å²) in [6.07, 6.45) is 3.05. The lowest BCUT2D eigenvalue weighted by atomic mass is 10.1. The molecular formula is C19H35IN6O4S. The van der Waals surface area contributed by atoms with Gasteiger partial charge in [-0.3, -0.25) is 9.89 Å². The van der Waals surface area contributed by atoms with Crippen molar-refractivity contribution in [1.82, 2.24) is 25.0 Å². The maximum Gasteiger partial charge on any atom is 0.213 e. The van der Waals surface area contributed by atoms with Gasteiger partial charge in [-0.1, -0.05) is 5.16 Å². The molecule has 0 aromatic carbocycles. The monoisotopic (exact) mass is 570 g/mol. The molecule has 31 heavy (non-hydrogen) atoms. The van der Waals surface area contributed by atoms with Crippen molar-refractivity contribution in [3.8, 4) is 0 Å². The number of hydrogen-bond donors (Lipinski definition) is 2. The number of hydrogen-bond acceptors (Lipinski definition) is 7. The van der Waals surface area contributed by atoms with Crippen LogP contribution in [-0.4, -0.2) is 94.1 Å². The molecule has 3 rings (SSSR count). The van der Waals surface area contributed by atoms with Crippen LogP contribution in [0.2, 0.25) is 0 Å². The van der Waals surface area contributed by atoms with Gasteiger partial charge in [0.2, 0.25) is 10.0 Å². The maximum absolute atomic E-state index is 12.3. The quantitative estimate of drug-likeness (QED) is 0.268. The second-order valence-corrected chi connectivity index (χ2v) is 9.75. The van der Waals surface area contributed by atoms with E-state index < -0.39 is 10.0 Å². The molecule has 1 atom stereocenters. The Balaban J connectivity index is 0.00000341. The lowest BCUT2D eigenvalue weighted by Crippen LogP contribution is -2.52. The first-order valence-electron chi connectivity index (χ1n) is 10.6. The van der Waals surface area contributed by atoms with Crippen molar-refractivity contribution in [2.75, 3.05) is 58.7 Å². The highest BCUT2D eigenvalue weighted by molar-refractivity contribution is 14.0. The van der Waals surface area contributed by atoms with Crippen molar-refractivity contribution in [1.29, 1.82) is 0 Å². The molecule has 0 aliphatic carbocycles. The molecule has 3 heterocycles. The molecule has 1 unspecified atom stereocenters. The van der Waals surface area contributed by atoms with Crippen LogP contribution >= 0.6 is 24.0 Å². The Labute approximate surface area is 202 Å². The zero-order valence-electron chi connectivity index (χ0n) is 18.4. The normalized spacial score (nSPS) is 21.0. The number of guanidine groups is 1. The summed E-state index contributed by atoms with van der Waals surface area (Å²) in [4.78, 5) is 8.79. The predicted octanol–water partition coefficient (Wildman–Crippen LogP) is 0.783. The molecule has 12 heteroatoms. The van der Waals surface area contributed by atoms with Gasteiger partial charge < -0.3 is 19.5 Å². The Bertz CT molecular complexity index is 789. The highest BCUT2D eigenvalue weighted by Gasteiger charge is 2.21. The third kappa shape index (κ3) is 8.83. The van der Waals surface area contributed by atoms with Gasteiger partial charge in [0.1, 0.15) is 5.76 Å². The number of aliphatic imine (C=N–C) groups is 1. The number of halogens is 1. The first-order valence-corrected chi connectivity index (χ1v) is 12.3. The van der Waals surface area contributed by atoms with Gasteiger partial charge in [0.25, 0.3) is 0 Å². The minimum Gasteiger partial charge on any atom is -0.377 e. The van der Waals surface area contributed by atoms with Gasteiger partial charge in [0.15, 0.2) is 5.96 Å². The number of rotatable bonds is 8. The molecule has 10 nitrogen and oxygen atoms in total. The van der Waals surface area contributed by atoms with Gasteiger partial charge >= 0.3 is 0 Å². The highest BCUT2D eigenvalue weighted by Crippen LogP contribution is 2.12. The number of piperazine rings is 1. The summed E-state index contributed by atoms with van der Waals surface area (Å²) in [7, 11) is -1.62. The summed E-state index contributed by atoms with van der Waals surface area (Å²) < 4.78 is 37.9. The Kier molecular flexibility index (Phi) is 11.0. The predicted molar refractivity (Wildman–Crippen MR) is 130 cm³/mol. The van der Waals surface area contributed by atoms with Crippen LogP contribution in [0.25, 0.3) is 0 Å². The van der Waals surface area contributed by atoms with Gasteiger partial charge in [-0.25, -0.2) is 13.1 Å². The van der Waals surface area contributed by atoms with E-state index in [0.29, 0.717) is 13.1 Å². The summed E-state index contributed by atoms with van der Waals surface area (Å²) in [5.74, 6) is 1.56. The topological polar surface area (TPSA) is 112 Å². The third-order valence-electron chi connectivity index (χ3n) is 5.40. The number of aryl methyl sites for hydroxylation is 1. The fourth-order valence-electron chi connectivity index (χ4n) is 3.73. The van der Waals surface area contributed by atoms with E-state index in [1.54, 1.807) is 7.05 Å². The van der Waals surface area contributed by atoms with Crippen molar-refractivity contribution in [3.05, 3.63) is 17.5 Å². The van der Waals surface area contributed by atoms with Gasteiger partial charge in [0.05, 0.1) is 17.6 Å². The van der Waals surface area contributed by atoms with Crippen molar-refractivity contribution < 1.29 is 17.7 Å². The number of nitrogens with one attached hydrogen (secondary N) is 2. The van der Waals surface area contributed by atoms with Crippen LogP contribution in [0.5, 0.6) is 0 Å². The number of sulfonamides is 1.